The number of Topliss-reactive ketones (excluding diaryl/α,β-unsaturated/α-hetero) is 1. The molecule has 0 aliphatic rings. The van der Waals surface area contributed by atoms with E-state index < -0.39 is 0 Å². The van der Waals surface area contributed by atoms with E-state index in [9.17, 15) is 4.79 Å². The van der Waals surface area contributed by atoms with E-state index in [1.54, 1.807) is 0 Å². The fourth-order valence-corrected chi connectivity index (χ4v) is 1.53. The van der Waals surface area contributed by atoms with Crippen molar-refractivity contribution < 1.29 is 9.58 Å². The number of carbonyl (C=O) groups excluding carboxylic acids is 1. The molecule has 78 valence electrons. The Morgan fingerprint density at radius 3 is 2.60 bits per heavy atom. The smallest absolute Gasteiger partial charge is 0.306 e. The van der Waals surface area contributed by atoms with Crippen molar-refractivity contribution in [3.8, 4) is 0 Å². The van der Waals surface area contributed by atoms with Crippen LogP contribution in [-0.2, 0) is 11.2 Å². The lowest BCUT2D eigenvalue weighted by Gasteiger charge is -2.01. The van der Waals surface area contributed by atoms with Crippen molar-refractivity contribution >= 4 is 11.5 Å². The monoisotopic (exact) mass is 202 g/mol. The predicted octanol–water partition coefficient (Wildman–Crippen LogP) is 2.25. The van der Waals surface area contributed by atoms with Gasteiger partial charge in [0.1, 0.15) is 12.2 Å². The molecule has 0 aliphatic carbocycles. The second-order valence-corrected chi connectivity index (χ2v) is 3.44. The highest BCUT2D eigenvalue weighted by atomic mass is 16.1. The van der Waals surface area contributed by atoms with E-state index >= 15 is 0 Å². The molecule has 0 spiro atoms. The number of ketones is 1. The molecule has 0 aliphatic heterocycles. The van der Waals surface area contributed by atoms with Crippen LogP contribution in [0.25, 0.3) is 5.53 Å². The predicted molar refractivity (Wildman–Crippen MR) is 58.8 cm³/mol. The lowest BCUT2D eigenvalue weighted by molar-refractivity contribution is -0.116. The summed E-state index contributed by atoms with van der Waals surface area (Å²) in [6.45, 7) is 3.52. The Morgan fingerprint density at radius 2 is 2.07 bits per heavy atom. The molecule has 0 heterocycles. The van der Waals surface area contributed by atoms with Crippen molar-refractivity contribution in [1.82, 2.24) is 0 Å². The summed E-state index contributed by atoms with van der Waals surface area (Å²) in [5.41, 5.74) is 11.3. The number of rotatable bonds is 4. The van der Waals surface area contributed by atoms with Gasteiger partial charge in [-0.3, -0.25) is 4.79 Å². The second kappa shape index (κ2) is 5.23. The molecule has 1 aromatic rings. The normalized spacial score (nSPS) is 9.47. The van der Waals surface area contributed by atoms with Crippen LogP contribution in [0.4, 0.5) is 0 Å². The maximum atomic E-state index is 11.0. The number of hydrogen-bond acceptors (Lipinski definition) is 1. The van der Waals surface area contributed by atoms with Crippen LogP contribution in [0.15, 0.2) is 24.3 Å². The first-order valence-electron chi connectivity index (χ1n) is 4.97. The summed E-state index contributed by atoms with van der Waals surface area (Å²) in [4.78, 5) is 14.2. The first-order chi connectivity index (χ1) is 7.19. The van der Waals surface area contributed by atoms with Gasteiger partial charge in [0.15, 0.2) is 0 Å². The van der Waals surface area contributed by atoms with Crippen LogP contribution in [0.3, 0.4) is 0 Å². The number of nitrogens with zero attached hydrogens (tertiary/aromatic N) is 2. The Bertz CT molecular complexity index is 417. The van der Waals surface area contributed by atoms with Crippen LogP contribution in [0, 0.1) is 0 Å². The van der Waals surface area contributed by atoms with Gasteiger partial charge in [0, 0.05) is 0 Å². The van der Waals surface area contributed by atoms with Crippen LogP contribution in [0.2, 0.25) is 0 Å². The van der Waals surface area contributed by atoms with Crippen LogP contribution in [0.1, 0.15) is 31.4 Å². The van der Waals surface area contributed by atoms with E-state index in [0.29, 0.717) is 5.71 Å². The van der Waals surface area contributed by atoms with Gasteiger partial charge in [-0.05, 0) is 25.0 Å². The van der Waals surface area contributed by atoms with Gasteiger partial charge in [0.2, 0.25) is 0 Å². The Kier molecular flexibility index (Phi) is 3.95. The number of carbonyl (C=O) groups is 1. The van der Waals surface area contributed by atoms with Gasteiger partial charge in [-0.2, -0.15) is 4.79 Å². The minimum Gasteiger partial charge on any atom is -0.361 e. The van der Waals surface area contributed by atoms with E-state index in [2.05, 4.69) is 4.79 Å². The summed E-state index contributed by atoms with van der Waals surface area (Å²) in [6.07, 6.45) is 1.03. The fourth-order valence-electron chi connectivity index (χ4n) is 1.53. The highest BCUT2D eigenvalue weighted by Gasteiger charge is 2.17. The van der Waals surface area contributed by atoms with Crippen molar-refractivity contribution in [1.29, 1.82) is 0 Å². The highest BCUT2D eigenvalue weighted by molar-refractivity contribution is 6.08. The molecule has 1 rings (SSSR count). The fraction of sp³-hybridized carbons (Fsp3) is 0.333. The summed E-state index contributed by atoms with van der Waals surface area (Å²) in [5, 5.41) is 0. The zero-order valence-corrected chi connectivity index (χ0v) is 9.03. The Balaban J connectivity index is 3.13. The Morgan fingerprint density at radius 1 is 1.40 bits per heavy atom. The third-order valence-electron chi connectivity index (χ3n) is 2.25. The quantitative estimate of drug-likeness (QED) is 0.419. The van der Waals surface area contributed by atoms with E-state index in [1.807, 2.05) is 31.2 Å². The average molecular weight is 202 g/mol. The maximum absolute atomic E-state index is 11.0. The van der Waals surface area contributed by atoms with Gasteiger partial charge in [-0.15, -0.1) is 0 Å². The van der Waals surface area contributed by atoms with E-state index in [0.717, 1.165) is 17.5 Å². The molecule has 1 aromatic carbocycles. The van der Waals surface area contributed by atoms with E-state index in [1.165, 1.54) is 6.92 Å². The molecule has 0 saturated heterocycles. The molecule has 15 heavy (non-hydrogen) atoms. The van der Waals surface area contributed by atoms with Gasteiger partial charge in [-0.1, -0.05) is 25.1 Å². The minimum absolute atomic E-state index is 0.00583. The van der Waals surface area contributed by atoms with Gasteiger partial charge in [0.25, 0.3) is 0 Å². The van der Waals surface area contributed by atoms with Gasteiger partial charge >= 0.3 is 5.71 Å². The molecule has 0 aromatic heterocycles. The number of benzene rings is 1. The minimum atomic E-state index is -0.00583. The standard InChI is InChI=1S/C12H14N2O/c1-3-10-6-4-5-7-11(10)12(14-13)8-9(2)15/h4-7H,3,8H2,1-2H3. The largest absolute Gasteiger partial charge is 0.361 e. The summed E-state index contributed by atoms with van der Waals surface area (Å²) in [7, 11) is 0. The first-order valence-corrected chi connectivity index (χ1v) is 4.97. The average Bonchev–Trinajstić information content (AvgIpc) is 2.25. The summed E-state index contributed by atoms with van der Waals surface area (Å²) in [6, 6.07) is 7.66. The van der Waals surface area contributed by atoms with Crippen LogP contribution in [0.5, 0.6) is 0 Å². The molecule has 0 atom stereocenters. The van der Waals surface area contributed by atoms with Gasteiger partial charge in [0.05, 0.1) is 5.56 Å². The lowest BCUT2D eigenvalue weighted by atomic mass is 9.98. The number of aryl methyl sites for hydroxylation is 1. The molecule has 3 nitrogen and oxygen atoms in total. The molecule has 0 N–H and O–H groups in total. The van der Waals surface area contributed by atoms with Crippen LogP contribution < -0.4 is 0 Å². The molecule has 0 fully saturated rings. The topological polar surface area (TPSA) is 53.5 Å². The number of hydrogen-bond donors (Lipinski definition) is 0. The Hall–Kier alpha value is -1.73. The van der Waals surface area contributed by atoms with Crippen molar-refractivity contribution in [3.63, 3.8) is 0 Å². The van der Waals surface area contributed by atoms with E-state index in [4.69, 9.17) is 5.53 Å². The lowest BCUT2D eigenvalue weighted by Crippen LogP contribution is -2.10. The zero-order valence-electron chi connectivity index (χ0n) is 9.03. The van der Waals surface area contributed by atoms with Crippen LogP contribution >= 0.6 is 0 Å². The van der Waals surface area contributed by atoms with Crippen molar-refractivity contribution in [3.05, 3.63) is 40.9 Å². The molecule has 0 bridgehead atoms. The van der Waals surface area contributed by atoms with Gasteiger partial charge < -0.3 is 5.53 Å². The zero-order chi connectivity index (χ0) is 11.3. The molecular formula is C12H14N2O. The molecule has 0 amide bonds. The summed E-state index contributed by atoms with van der Waals surface area (Å²) in [5.74, 6) is -0.00583. The summed E-state index contributed by atoms with van der Waals surface area (Å²) < 4.78 is 0. The van der Waals surface area contributed by atoms with Crippen molar-refractivity contribution in [2.24, 2.45) is 0 Å². The van der Waals surface area contributed by atoms with Crippen LogP contribution in [-0.4, -0.2) is 16.3 Å². The van der Waals surface area contributed by atoms with Crippen molar-refractivity contribution in [2.45, 2.75) is 26.7 Å². The van der Waals surface area contributed by atoms with Crippen molar-refractivity contribution in [2.75, 3.05) is 0 Å². The third kappa shape index (κ3) is 2.86. The second-order valence-electron chi connectivity index (χ2n) is 3.44. The molecule has 0 radical (unpaired) electrons. The SMILES string of the molecule is CCc1ccccc1C(CC(C)=O)=[N+]=[N-]. The molecular weight excluding hydrogens is 188 g/mol. The maximum Gasteiger partial charge on any atom is 0.306 e. The summed E-state index contributed by atoms with van der Waals surface area (Å²) >= 11 is 0. The van der Waals surface area contributed by atoms with E-state index in [-0.39, 0.29) is 12.2 Å². The third-order valence-corrected chi connectivity index (χ3v) is 2.25. The molecule has 3 heteroatoms. The Labute approximate surface area is 89.4 Å². The highest BCUT2D eigenvalue weighted by Crippen LogP contribution is 2.11. The molecule has 0 saturated carbocycles. The molecule has 0 unspecified atom stereocenters. The first kappa shape index (κ1) is 11.3. The van der Waals surface area contributed by atoms with Gasteiger partial charge in [-0.25, -0.2) is 0 Å².